The van der Waals surface area contributed by atoms with Crippen molar-refractivity contribution in [2.45, 2.75) is 25.7 Å². The van der Waals surface area contributed by atoms with E-state index in [1.807, 2.05) is 11.3 Å². The van der Waals surface area contributed by atoms with Crippen LogP contribution in [0.2, 0.25) is 0 Å². The average Bonchev–Trinajstić information content (AvgIpc) is 3.82. The Morgan fingerprint density at radius 3 is 2.11 bits per heavy atom. The van der Waals surface area contributed by atoms with Gasteiger partial charge in [-0.05, 0) is 131 Å². The maximum absolute atomic E-state index is 3.86. The second-order valence-electron chi connectivity index (χ2n) is 15.2. The predicted octanol–water partition coefficient (Wildman–Crippen LogP) is 15.4. The molecule has 0 spiro atoms. The van der Waals surface area contributed by atoms with Gasteiger partial charge in [0.25, 0.3) is 0 Å². The number of nitrogens with one attached hydrogen (secondary N) is 1. The van der Waals surface area contributed by atoms with Gasteiger partial charge in [-0.2, -0.15) is 0 Å². The van der Waals surface area contributed by atoms with E-state index >= 15 is 0 Å². The Labute approximate surface area is 337 Å². The van der Waals surface area contributed by atoms with Crippen LogP contribution in [0.15, 0.2) is 194 Å². The van der Waals surface area contributed by atoms with Crippen LogP contribution in [-0.2, 0) is 0 Å². The molecular formula is C54H40N2S. The van der Waals surface area contributed by atoms with Gasteiger partial charge in [0.1, 0.15) is 0 Å². The van der Waals surface area contributed by atoms with Crippen LogP contribution in [0.25, 0.3) is 81.1 Å². The average molecular weight is 749 g/mol. The minimum Gasteiger partial charge on any atom is -0.358 e. The molecule has 11 rings (SSSR count). The van der Waals surface area contributed by atoms with Gasteiger partial charge in [-0.1, -0.05) is 121 Å². The van der Waals surface area contributed by atoms with Crippen LogP contribution in [0.1, 0.15) is 36.8 Å². The molecule has 0 saturated heterocycles. The predicted molar refractivity (Wildman–Crippen MR) is 246 cm³/mol. The summed E-state index contributed by atoms with van der Waals surface area (Å²) in [4.78, 5) is 0. The van der Waals surface area contributed by atoms with Crippen molar-refractivity contribution in [3.63, 3.8) is 0 Å². The summed E-state index contributed by atoms with van der Waals surface area (Å²) in [6, 6.07) is 58.3. The first kappa shape index (κ1) is 33.6. The lowest BCUT2D eigenvalue weighted by atomic mass is 9.93. The van der Waals surface area contributed by atoms with Crippen molar-refractivity contribution in [1.82, 2.24) is 4.57 Å². The van der Waals surface area contributed by atoms with Gasteiger partial charge in [0, 0.05) is 53.6 Å². The number of fused-ring (bicyclic) bond motifs is 6. The zero-order valence-electron chi connectivity index (χ0n) is 31.6. The topological polar surface area (TPSA) is 17.0 Å². The first-order valence-electron chi connectivity index (χ1n) is 20.0. The summed E-state index contributed by atoms with van der Waals surface area (Å²) in [5, 5.41) is 9.02. The zero-order chi connectivity index (χ0) is 37.7. The maximum atomic E-state index is 3.86. The smallest absolute Gasteiger partial charge is 0.0541 e. The Bertz CT molecular complexity index is 3150. The third-order valence-corrected chi connectivity index (χ3v) is 12.8. The highest BCUT2D eigenvalue weighted by Crippen LogP contribution is 2.40. The first-order chi connectivity index (χ1) is 28.2. The lowest BCUT2D eigenvalue weighted by Crippen LogP contribution is -2.05. The quantitative estimate of drug-likeness (QED) is 0.172. The third kappa shape index (κ3) is 6.12. The number of nitrogens with zero attached hydrogens (tertiary/aromatic N) is 1. The normalized spacial score (nSPS) is 14.3. The molecule has 0 unspecified atom stereocenters. The molecule has 2 aliphatic carbocycles. The van der Waals surface area contributed by atoms with Crippen LogP contribution in [0, 0.1) is 0 Å². The molecule has 57 heavy (non-hydrogen) atoms. The van der Waals surface area contributed by atoms with E-state index in [1.54, 1.807) is 0 Å². The minimum atomic E-state index is 0.977. The minimum absolute atomic E-state index is 0.977. The van der Waals surface area contributed by atoms with Crippen LogP contribution in [0.3, 0.4) is 0 Å². The van der Waals surface area contributed by atoms with Crippen molar-refractivity contribution in [3.05, 3.63) is 205 Å². The summed E-state index contributed by atoms with van der Waals surface area (Å²) in [6.07, 6.45) is 15.8. The molecule has 0 radical (unpaired) electrons. The van der Waals surface area contributed by atoms with E-state index in [1.165, 1.54) is 97.9 Å². The largest absolute Gasteiger partial charge is 0.358 e. The number of hydrogen-bond acceptors (Lipinski definition) is 2. The van der Waals surface area contributed by atoms with Crippen molar-refractivity contribution in [3.8, 4) is 27.9 Å². The van der Waals surface area contributed by atoms with Gasteiger partial charge in [-0.25, -0.2) is 0 Å². The molecule has 0 saturated carbocycles. The molecule has 2 nitrogen and oxygen atoms in total. The highest BCUT2D eigenvalue weighted by molar-refractivity contribution is 7.25. The number of allylic oxidation sites excluding steroid dienone is 8. The van der Waals surface area contributed by atoms with E-state index in [0.717, 1.165) is 31.4 Å². The molecule has 3 heteroatoms. The third-order valence-electron chi connectivity index (χ3n) is 11.6. The van der Waals surface area contributed by atoms with Gasteiger partial charge >= 0.3 is 0 Å². The molecule has 2 heterocycles. The van der Waals surface area contributed by atoms with E-state index in [9.17, 15) is 0 Å². The molecular weight excluding hydrogens is 709 g/mol. The molecule has 272 valence electrons. The summed E-state index contributed by atoms with van der Waals surface area (Å²) >= 11 is 1.86. The van der Waals surface area contributed by atoms with Crippen molar-refractivity contribution >= 4 is 70.1 Å². The molecule has 0 bridgehead atoms. The molecule has 0 atom stereocenters. The molecule has 0 amide bonds. The number of thiophene rings is 1. The van der Waals surface area contributed by atoms with Crippen LogP contribution < -0.4 is 5.32 Å². The fraction of sp³-hybridized carbons (Fsp3) is 0.0741. The number of aromatic nitrogens is 1. The number of rotatable bonds is 7. The van der Waals surface area contributed by atoms with Crippen molar-refractivity contribution in [2.75, 3.05) is 5.32 Å². The van der Waals surface area contributed by atoms with E-state index in [-0.39, 0.29) is 0 Å². The SMILES string of the molecule is C1=CC(c2cc(-c3ccccc3)cc(-n3c4ccccc4c4cc(-c5cccc(C6=C(Nc7ccc8sc9ccccc9c8c7)CCC=C6)c5)ccc43)c2)=CCC1. The van der Waals surface area contributed by atoms with E-state index in [2.05, 4.69) is 198 Å². The Morgan fingerprint density at radius 2 is 1.19 bits per heavy atom. The Kier molecular flexibility index (Phi) is 8.33. The Morgan fingerprint density at radius 1 is 0.456 bits per heavy atom. The van der Waals surface area contributed by atoms with Gasteiger partial charge in [-0.15, -0.1) is 11.3 Å². The monoisotopic (exact) mass is 748 g/mol. The standard InChI is InChI=1S/C54H40N2S/c1-3-14-36(15-4-1)41-31-42(37-16-5-2-6-17-37)33-44(32-41)56-51-24-11-8-21-46(51)48-34-39(26-28-52(48)56)38-18-13-19-40(30-38)45-20-7-10-23-50(45)55-43-27-29-54-49(35-43)47-22-9-12-25-53(47)57-54/h1,3-5,7-9,11-22,24-35,55H,2,6,10,23H2. The van der Waals surface area contributed by atoms with E-state index in [4.69, 9.17) is 0 Å². The molecule has 7 aromatic carbocycles. The second-order valence-corrected chi connectivity index (χ2v) is 16.3. The van der Waals surface area contributed by atoms with Crippen LogP contribution >= 0.6 is 11.3 Å². The number of para-hydroxylation sites is 1. The van der Waals surface area contributed by atoms with Crippen molar-refractivity contribution in [1.29, 1.82) is 0 Å². The summed E-state index contributed by atoms with van der Waals surface area (Å²) in [5.74, 6) is 0. The fourth-order valence-electron chi connectivity index (χ4n) is 8.87. The van der Waals surface area contributed by atoms with Crippen molar-refractivity contribution < 1.29 is 0 Å². The highest BCUT2D eigenvalue weighted by atomic mass is 32.1. The lowest BCUT2D eigenvalue weighted by molar-refractivity contribution is 0.972. The summed E-state index contributed by atoms with van der Waals surface area (Å²) in [5.41, 5.74) is 15.9. The van der Waals surface area contributed by atoms with Crippen LogP contribution in [0.4, 0.5) is 5.69 Å². The fourth-order valence-corrected chi connectivity index (χ4v) is 9.96. The van der Waals surface area contributed by atoms with Gasteiger partial charge in [-0.3, -0.25) is 0 Å². The van der Waals surface area contributed by atoms with Gasteiger partial charge in [0.05, 0.1) is 11.0 Å². The summed E-state index contributed by atoms with van der Waals surface area (Å²) in [6.45, 7) is 0. The number of benzene rings is 7. The second kappa shape index (κ2) is 14.1. The molecule has 9 aromatic rings. The number of anilines is 1. The molecule has 1 N–H and O–H groups in total. The Balaban J connectivity index is 0.996. The molecule has 0 aliphatic heterocycles. The molecule has 0 fully saturated rings. The van der Waals surface area contributed by atoms with Crippen LogP contribution in [0.5, 0.6) is 0 Å². The van der Waals surface area contributed by atoms with Gasteiger partial charge in [0.15, 0.2) is 0 Å². The van der Waals surface area contributed by atoms with E-state index in [0.29, 0.717) is 0 Å². The summed E-state index contributed by atoms with van der Waals surface area (Å²) < 4.78 is 5.12. The Hall–Kier alpha value is -6.68. The van der Waals surface area contributed by atoms with Crippen molar-refractivity contribution in [2.24, 2.45) is 0 Å². The molecule has 2 aliphatic rings. The van der Waals surface area contributed by atoms with Gasteiger partial charge < -0.3 is 9.88 Å². The zero-order valence-corrected chi connectivity index (χ0v) is 32.4. The van der Waals surface area contributed by atoms with E-state index < -0.39 is 0 Å². The lowest BCUT2D eigenvalue weighted by Gasteiger charge is -2.19. The van der Waals surface area contributed by atoms with Gasteiger partial charge in [0.2, 0.25) is 0 Å². The molecule has 2 aromatic heterocycles. The highest BCUT2D eigenvalue weighted by Gasteiger charge is 2.17. The maximum Gasteiger partial charge on any atom is 0.0541 e. The summed E-state index contributed by atoms with van der Waals surface area (Å²) in [7, 11) is 0. The van der Waals surface area contributed by atoms with Crippen LogP contribution in [-0.4, -0.2) is 4.57 Å². The first-order valence-corrected chi connectivity index (χ1v) is 20.9. The number of hydrogen-bond donors (Lipinski definition) is 1.